The SMILES string of the molecule is COc1ccc(/C=N/NC(=O)c2cccc(F)c2)cc1Br.Cc1ccc(/C=N/NC(=O)c2cccc(Cl)c2)cc1.Cc1ccc(/C=N/NC(=O)c2cccc(F)c2)cc1.O=C(N/N=C/c1cccc2ccccc12)c1ccc2c(c1)OCO2. The molecule has 9 aromatic rings. The molecule has 0 saturated carbocycles. The summed E-state index contributed by atoms with van der Waals surface area (Å²) in [6.45, 7) is 4.19. The van der Waals surface area contributed by atoms with Gasteiger partial charge in [-0.05, 0) is 148 Å². The number of hydrogen-bond acceptors (Lipinski definition) is 11. The quantitative estimate of drug-likeness (QED) is 0.0651. The number of methoxy groups -OCH3 is 1. The highest BCUT2D eigenvalue weighted by Crippen LogP contribution is 2.32. The van der Waals surface area contributed by atoms with Gasteiger partial charge in [-0.3, -0.25) is 19.2 Å². The number of benzene rings is 9. The third kappa shape index (κ3) is 19.3. The average molecular weight is 1200 g/mol. The minimum absolute atomic E-state index is 0.180. The molecule has 83 heavy (non-hydrogen) atoms. The molecular weight excluding hydrogens is 1150 g/mol. The second-order valence-electron chi connectivity index (χ2n) is 17.7. The molecule has 0 unspecified atom stereocenters. The summed E-state index contributed by atoms with van der Waals surface area (Å²) in [7, 11) is 1.58. The standard InChI is InChI=1S/C19H14N2O3.C15H12BrFN2O2.C15H13ClN2O.C15H13FN2O/c22-19(14-8-9-17-18(10-14)24-12-23-17)21-20-11-15-6-3-5-13-4-1-2-7-16(13)15;1-21-14-6-5-10(7-13(14)16)9-18-19-15(20)11-3-2-4-12(17)8-11;2*1-11-5-7-12(8-6-11)10-17-18-15(19)13-3-2-4-14(16)9-13/h1-11H,12H2,(H,21,22);2-9H,1H3,(H,19,20);2*2-10H,1H3,(H,18,19)/b20-11+;18-9+;2*17-10+. The summed E-state index contributed by atoms with van der Waals surface area (Å²) < 4.78 is 42.3. The van der Waals surface area contributed by atoms with Gasteiger partial charge in [-0.1, -0.05) is 132 Å². The van der Waals surface area contributed by atoms with Crippen LogP contribution in [0.4, 0.5) is 8.78 Å². The van der Waals surface area contributed by atoms with Crippen molar-refractivity contribution >= 4 is 86.8 Å². The summed E-state index contributed by atoms with van der Waals surface area (Å²) in [6, 6.07) is 57.5. The highest BCUT2D eigenvalue weighted by Gasteiger charge is 2.16. The van der Waals surface area contributed by atoms with Gasteiger partial charge >= 0.3 is 0 Å². The van der Waals surface area contributed by atoms with E-state index in [9.17, 15) is 28.0 Å². The number of aryl methyl sites for hydroxylation is 2. The van der Waals surface area contributed by atoms with Gasteiger partial charge in [0.25, 0.3) is 23.6 Å². The molecule has 0 saturated heterocycles. The van der Waals surface area contributed by atoms with Crippen LogP contribution in [-0.4, -0.2) is 62.4 Å². The van der Waals surface area contributed by atoms with Crippen molar-refractivity contribution in [2.24, 2.45) is 20.4 Å². The van der Waals surface area contributed by atoms with Crippen LogP contribution in [0.3, 0.4) is 0 Å². The van der Waals surface area contributed by atoms with Crippen LogP contribution >= 0.6 is 27.5 Å². The zero-order chi connectivity index (χ0) is 58.9. The molecule has 0 fully saturated rings. The lowest BCUT2D eigenvalue weighted by Crippen LogP contribution is -2.17. The molecule has 1 aliphatic heterocycles. The fourth-order valence-electron chi connectivity index (χ4n) is 7.27. The number of amides is 4. The molecule has 4 amide bonds. The van der Waals surface area contributed by atoms with Gasteiger partial charge in [0.05, 0.1) is 36.4 Å². The number of hydrazone groups is 4. The molecule has 418 valence electrons. The maximum Gasteiger partial charge on any atom is 0.271 e. The summed E-state index contributed by atoms with van der Waals surface area (Å²) in [5.41, 5.74) is 17.0. The van der Waals surface area contributed by atoms with Crippen LogP contribution in [0.15, 0.2) is 225 Å². The molecule has 1 aliphatic rings. The minimum Gasteiger partial charge on any atom is -0.496 e. The van der Waals surface area contributed by atoms with E-state index in [2.05, 4.69) is 58.0 Å². The number of hydrogen-bond donors (Lipinski definition) is 4. The Labute approximate surface area is 490 Å². The molecule has 0 radical (unpaired) electrons. The zero-order valence-corrected chi connectivity index (χ0v) is 47.1. The van der Waals surface area contributed by atoms with Crippen molar-refractivity contribution in [3.63, 3.8) is 0 Å². The van der Waals surface area contributed by atoms with E-state index < -0.39 is 23.4 Å². The Morgan fingerprint density at radius 2 is 0.952 bits per heavy atom. The van der Waals surface area contributed by atoms with Crippen LogP contribution in [0.25, 0.3) is 10.8 Å². The average Bonchev–Trinajstić information content (AvgIpc) is 4.07. The second kappa shape index (κ2) is 31.0. The van der Waals surface area contributed by atoms with E-state index in [4.69, 9.17) is 25.8 Å². The maximum absolute atomic E-state index is 13.0. The van der Waals surface area contributed by atoms with E-state index >= 15 is 0 Å². The lowest BCUT2D eigenvalue weighted by Gasteiger charge is -2.03. The second-order valence-corrected chi connectivity index (χ2v) is 19.0. The first-order valence-corrected chi connectivity index (χ1v) is 26.3. The van der Waals surface area contributed by atoms with E-state index in [1.165, 1.54) is 54.4 Å². The molecule has 15 nitrogen and oxygen atoms in total. The number of carbonyl (C=O) groups is 4. The predicted molar refractivity (Wildman–Crippen MR) is 324 cm³/mol. The fourth-order valence-corrected chi connectivity index (χ4v) is 8.02. The summed E-state index contributed by atoms with van der Waals surface area (Å²) in [6.07, 6.45) is 6.27. The third-order valence-corrected chi connectivity index (χ3v) is 12.4. The van der Waals surface area contributed by atoms with Crippen molar-refractivity contribution in [1.82, 2.24) is 21.7 Å². The fraction of sp³-hybridized carbons (Fsp3) is 0.0625. The van der Waals surface area contributed by atoms with Crippen molar-refractivity contribution < 1.29 is 42.2 Å². The number of carbonyl (C=O) groups excluding carboxylic acids is 4. The normalized spacial score (nSPS) is 11.2. The smallest absolute Gasteiger partial charge is 0.271 e. The van der Waals surface area contributed by atoms with Gasteiger partial charge in [0, 0.05) is 32.8 Å². The van der Waals surface area contributed by atoms with E-state index in [0.29, 0.717) is 33.4 Å². The molecule has 0 bridgehead atoms. The van der Waals surface area contributed by atoms with Gasteiger partial charge in [0.1, 0.15) is 17.4 Å². The van der Waals surface area contributed by atoms with Crippen LogP contribution < -0.4 is 35.9 Å². The van der Waals surface area contributed by atoms with Gasteiger partial charge in [0.15, 0.2) is 11.5 Å². The molecule has 19 heteroatoms. The van der Waals surface area contributed by atoms with Crippen molar-refractivity contribution in [3.8, 4) is 17.2 Å². The van der Waals surface area contributed by atoms with E-state index in [0.717, 1.165) is 55.2 Å². The van der Waals surface area contributed by atoms with E-state index in [-0.39, 0.29) is 29.7 Å². The number of ether oxygens (including phenoxy) is 3. The lowest BCUT2D eigenvalue weighted by molar-refractivity contribution is 0.0946. The van der Waals surface area contributed by atoms with Gasteiger partial charge in [-0.2, -0.15) is 20.4 Å². The first kappa shape index (κ1) is 60.5. The lowest BCUT2D eigenvalue weighted by atomic mass is 10.1. The molecule has 9 aromatic carbocycles. The van der Waals surface area contributed by atoms with Gasteiger partial charge in [-0.15, -0.1) is 0 Å². The molecular formula is C64H52BrClF2N8O7. The van der Waals surface area contributed by atoms with Crippen molar-refractivity contribution in [2.75, 3.05) is 13.9 Å². The molecule has 0 aromatic heterocycles. The van der Waals surface area contributed by atoms with Crippen LogP contribution in [-0.2, 0) is 0 Å². The predicted octanol–water partition coefficient (Wildman–Crippen LogP) is 13.0. The molecule has 0 atom stereocenters. The molecule has 1 heterocycles. The highest BCUT2D eigenvalue weighted by atomic mass is 79.9. The topological polar surface area (TPSA) is 194 Å². The van der Waals surface area contributed by atoms with Crippen molar-refractivity contribution in [1.29, 1.82) is 0 Å². The summed E-state index contributed by atoms with van der Waals surface area (Å²) in [5.74, 6) is -0.500. The van der Waals surface area contributed by atoms with Crippen LogP contribution in [0.5, 0.6) is 17.2 Å². The Morgan fingerprint density at radius 3 is 1.48 bits per heavy atom. The molecule has 4 N–H and O–H groups in total. The molecule has 0 spiro atoms. The number of halogens is 4. The van der Waals surface area contributed by atoms with Crippen molar-refractivity contribution in [2.45, 2.75) is 13.8 Å². The summed E-state index contributed by atoms with van der Waals surface area (Å²) in [4.78, 5) is 47.3. The Balaban J connectivity index is 0.000000160. The Hall–Kier alpha value is -10.2. The zero-order valence-electron chi connectivity index (χ0n) is 44.7. The summed E-state index contributed by atoms with van der Waals surface area (Å²) >= 11 is 9.17. The Bertz CT molecular complexity index is 3730. The number of nitrogens with zero attached hydrogens (tertiary/aromatic N) is 4. The van der Waals surface area contributed by atoms with Gasteiger partial charge < -0.3 is 14.2 Å². The number of nitrogens with one attached hydrogen (secondary N) is 4. The highest BCUT2D eigenvalue weighted by molar-refractivity contribution is 9.10. The third-order valence-electron chi connectivity index (χ3n) is 11.6. The molecule has 0 aliphatic carbocycles. The first-order chi connectivity index (χ1) is 40.2. The van der Waals surface area contributed by atoms with Gasteiger partial charge in [-0.25, -0.2) is 30.5 Å². The van der Waals surface area contributed by atoms with Crippen LogP contribution in [0.1, 0.15) is 74.8 Å². The maximum atomic E-state index is 13.0. The Morgan fingerprint density at radius 1 is 0.494 bits per heavy atom. The van der Waals surface area contributed by atoms with Crippen molar-refractivity contribution in [3.05, 3.63) is 277 Å². The minimum atomic E-state index is -0.474. The van der Waals surface area contributed by atoms with Crippen LogP contribution in [0, 0.1) is 25.5 Å². The number of rotatable bonds is 13. The monoisotopic (exact) mass is 1200 g/mol. The van der Waals surface area contributed by atoms with Gasteiger partial charge in [0.2, 0.25) is 6.79 Å². The molecule has 10 rings (SSSR count). The van der Waals surface area contributed by atoms with Crippen LogP contribution in [0.2, 0.25) is 5.02 Å². The van der Waals surface area contributed by atoms with E-state index in [1.807, 2.05) is 105 Å². The summed E-state index contributed by atoms with van der Waals surface area (Å²) in [5, 5.41) is 18.4. The van der Waals surface area contributed by atoms with E-state index in [1.54, 1.807) is 80.2 Å². The Kier molecular flexibility index (Phi) is 22.6. The number of fused-ring (bicyclic) bond motifs is 2. The first-order valence-electron chi connectivity index (χ1n) is 25.2. The largest absolute Gasteiger partial charge is 0.496 e.